The zero-order chi connectivity index (χ0) is 21.4. The molecule has 0 saturated heterocycles. The Bertz CT molecular complexity index is 1270. The zero-order valence-corrected chi connectivity index (χ0v) is 19.2. The normalized spacial score (nSPS) is 12.1. The molecule has 2 aromatic carbocycles. The van der Waals surface area contributed by atoms with Gasteiger partial charge < -0.3 is 0 Å². The number of sulfonamides is 1. The Labute approximate surface area is 186 Å². The zero-order valence-electron chi connectivity index (χ0n) is 14.5. The van der Waals surface area contributed by atoms with Gasteiger partial charge in [0.1, 0.15) is 9.92 Å². The molecule has 3 rings (SSSR count). The van der Waals surface area contributed by atoms with Crippen LogP contribution in [-0.4, -0.2) is 33.3 Å². The smallest absolute Gasteiger partial charge is 0.263 e. The number of sulfone groups is 1. The van der Waals surface area contributed by atoms with Crippen LogP contribution in [0.15, 0.2) is 62.2 Å². The first-order valence-electron chi connectivity index (χ1n) is 7.67. The second-order valence-corrected chi connectivity index (χ2v) is 11.2. The first-order valence-corrected chi connectivity index (χ1v) is 13.0. The molecular formula is C16H12Cl3N3O4S3. The van der Waals surface area contributed by atoms with E-state index in [1.54, 1.807) is 6.26 Å². The van der Waals surface area contributed by atoms with Crippen molar-refractivity contribution in [1.82, 2.24) is 10.2 Å². The van der Waals surface area contributed by atoms with Gasteiger partial charge in [-0.3, -0.25) is 9.82 Å². The summed E-state index contributed by atoms with van der Waals surface area (Å²) in [6, 6.07) is 9.23. The van der Waals surface area contributed by atoms with Crippen LogP contribution in [0.3, 0.4) is 0 Å². The van der Waals surface area contributed by atoms with E-state index in [1.165, 1.54) is 36.4 Å². The molecule has 7 nitrogen and oxygen atoms in total. The number of aromatic amines is 1. The number of benzene rings is 2. The number of rotatable bonds is 6. The van der Waals surface area contributed by atoms with Crippen molar-refractivity contribution >= 4 is 72.2 Å². The molecule has 0 aliphatic heterocycles. The molecule has 13 heteroatoms. The van der Waals surface area contributed by atoms with Gasteiger partial charge in [0.2, 0.25) is 9.84 Å². The number of aromatic nitrogens is 2. The quantitative estimate of drug-likeness (QED) is 0.462. The minimum atomic E-state index is -4.18. The lowest BCUT2D eigenvalue weighted by molar-refractivity contribution is 0.594. The van der Waals surface area contributed by atoms with Crippen molar-refractivity contribution in [3.8, 4) is 0 Å². The largest absolute Gasteiger partial charge is 0.263 e. The van der Waals surface area contributed by atoms with Crippen molar-refractivity contribution in [3.05, 3.63) is 57.5 Å². The fraction of sp³-hybridized carbons (Fsp3) is 0.0625. The Morgan fingerprint density at radius 1 is 0.931 bits per heavy atom. The molecule has 2 N–H and O–H groups in total. The summed E-state index contributed by atoms with van der Waals surface area (Å²) in [6.45, 7) is 0. The summed E-state index contributed by atoms with van der Waals surface area (Å²) < 4.78 is 54.0. The van der Waals surface area contributed by atoms with Crippen LogP contribution in [0.2, 0.25) is 15.1 Å². The van der Waals surface area contributed by atoms with E-state index in [4.69, 9.17) is 34.8 Å². The van der Waals surface area contributed by atoms with Crippen LogP contribution in [-0.2, 0) is 19.9 Å². The molecule has 0 saturated carbocycles. The molecule has 1 heterocycles. The van der Waals surface area contributed by atoms with E-state index in [0.717, 1.165) is 17.8 Å². The minimum absolute atomic E-state index is 0.0398. The lowest BCUT2D eigenvalue weighted by atomic mass is 10.4. The average molecular weight is 513 g/mol. The molecule has 0 aliphatic rings. The first kappa shape index (κ1) is 22.3. The summed E-state index contributed by atoms with van der Waals surface area (Å²) in [5, 5.41) is 7.04. The van der Waals surface area contributed by atoms with Gasteiger partial charge in [0.05, 0.1) is 19.8 Å². The van der Waals surface area contributed by atoms with Gasteiger partial charge in [0, 0.05) is 5.02 Å². The molecule has 3 aromatic rings. The van der Waals surface area contributed by atoms with Gasteiger partial charge in [0.15, 0.2) is 5.82 Å². The van der Waals surface area contributed by atoms with E-state index in [-0.39, 0.29) is 35.6 Å². The van der Waals surface area contributed by atoms with Crippen molar-refractivity contribution in [1.29, 1.82) is 0 Å². The van der Waals surface area contributed by atoms with Gasteiger partial charge >= 0.3 is 0 Å². The summed E-state index contributed by atoms with van der Waals surface area (Å²) in [5.41, 5.74) is 0. The Kier molecular flexibility index (Phi) is 6.42. The molecule has 0 unspecified atom stereocenters. The maximum Gasteiger partial charge on any atom is 0.263 e. The van der Waals surface area contributed by atoms with Gasteiger partial charge in [-0.2, -0.15) is 5.10 Å². The van der Waals surface area contributed by atoms with Crippen LogP contribution < -0.4 is 4.72 Å². The first-order chi connectivity index (χ1) is 13.6. The van der Waals surface area contributed by atoms with Gasteiger partial charge in [-0.1, -0.05) is 34.8 Å². The number of anilines is 1. The Hall–Kier alpha value is -1.43. The maximum atomic E-state index is 13.1. The van der Waals surface area contributed by atoms with Crippen LogP contribution in [0.25, 0.3) is 0 Å². The van der Waals surface area contributed by atoms with E-state index < -0.39 is 19.9 Å². The Morgan fingerprint density at radius 3 is 2.14 bits per heavy atom. The van der Waals surface area contributed by atoms with Gasteiger partial charge in [-0.05, 0) is 48.7 Å². The van der Waals surface area contributed by atoms with Crippen LogP contribution in [0.5, 0.6) is 0 Å². The molecule has 29 heavy (non-hydrogen) atoms. The number of thioether (sulfide) groups is 1. The van der Waals surface area contributed by atoms with E-state index in [0.29, 0.717) is 5.02 Å². The highest BCUT2D eigenvalue weighted by molar-refractivity contribution is 7.99. The number of halogens is 3. The third-order valence-corrected chi connectivity index (χ3v) is 8.69. The van der Waals surface area contributed by atoms with Crippen molar-refractivity contribution in [2.24, 2.45) is 0 Å². The predicted octanol–water partition coefficient (Wildman–Crippen LogP) is 4.73. The summed E-state index contributed by atoms with van der Waals surface area (Å²) in [6.07, 6.45) is 1.62. The molecule has 0 radical (unpaired) electrons. The van der Waals surface area contributed by atoms with Crippen molar-refractivity contribution < 1.29 is 16.8 Å². The Morgan fingerprint density at radius 2 is 1.55 bits per heavy atom. The third kappa shape index (κ3) is 4.52. The lowest BCUT2D eigenvalue weighted by Crippen LogP contribution is -2.16. The van der Waals surface area contributed by atoms with Crippen LogP contribution in [0.1, 0.15) is 0 Å². The predicted molar refractivity (Wildman–Crippen MR) is 115 cm³/mol. The molecular weight excluding hydrogens is 501 g/mol. The van der Waals surface area contributed by atoms with Crippen molar-refractivity contribution in [3.63, 3.8) is 0 Å². The van der Waals surface area contributed by atoms with Crippen LogP contribution >= 0.6 is 46.6 Å². The maximum absolute atomic E-state index is 13.1. The number of hydrogen-bond donors (Lipinski definition) is 2. The summed E-state index contributed by atoms with van der Waals surface area (Å²) >= 11 is 18.6. The monoisotopic (exact) mass is 511 g/mol. The molecule has 0 atom stereocenters. The lowest BCUT2D eigenvalue weighted by Gasteiger charge is -2.10. The number of nitrogens with zero attached hydrogens (tertiary/aromatic N) is 1. The standard InChI is InChI=1S/C16H12Cl3N3O4S3/c1-27-16-14(28(23,24)10-4-2-9(17)3-5-10)15(20-21-16)22-29(25,26)11-6-7-12(18)13(19)8-11/h2-8H,1H3,(H2,20,21,22). The molecule has 1 aromatic heterocycles. The highest BCUT2D eigenvalue weighted by Gasteiger charge is 2.30. The fourth-order valence-electron chi connectivity index (χ4n) is 2.34. The van der Waals surface area contributed by atoms with E-state index >= 15 is 0 Å². The van der Waals surface area contributed by atoms with E-state index in [1.807, 2.05) is 0 Å². The number of nitrogens with one attached hydrogen (secondary N) is 2. The third-order valence-electron chi connectivity index (χ3n) is 3.71. The highest BCUT2D eigenvalue weighted by Crippen LogP contribution is 2.35. The summed E-state index contributed by atoms with van der Waals surface area (Å²) in [7, 11) is -8.28. The fourth-order valence-corrected chi connectivity index (χ4v) is 6.32. The molecule has 0 bridgehead atoms. The minimum Gasteiger partial charge on any atom is -0.263 e. The molecule has 0 fully saturated rings. The average Bonchev–Trinajstić information content (AvgIpc) is 3.07. The molecule has 0 aliphatic carbocycles. The molecule has 154 valence electrons. The van der Waals surface area contributed by atoms with Gasteiger partial charge in [-0.15, -0.1) is 11.8 Å². The van der Waals surface area contributed by atoms with Crippen LogP contribution in [0, 0.1) is 0 Å². The number of H-pyrrole nitrogens is 1. The second-order valence-electron chi connectivity index (χ2n) is 5.58. The van der Waals surface area contributed by atoms with Crippen molar-refractivity contribution in [2.75, 3.05) is 11.0 Å². The molecule has 0 spiro atoms. The summed E-state index contributed by atoms with van der Waals surface area (Å²) in [5.74, 6) is -0.296. The second kappa shape index (κ2) is 8.37. The topological polar surface area (TPSA) is 109 Å². The van der Waals surface area contributed by atoms with E-state index in [9.17, 15) is 16.8 Å². The summed E-state index contributed by atoms with van der Waals surface area (Å²) in [4.78, 5) is -0.549. The van der Waals surface area contributed by atoms with E-state index in [2.05, 4.69) is 14.9 Å². The van der Waals surface area contributed by atoms with Gasteiger partial charge in [0.25, 0.3) is 10.0 Å². The van der Waals surface area contributed by atoms with Crippen LogP contribution in [0.4, 0.5) is 5.82 Å². The number of hydrogen-bond acceptors (Lipinski definition) is 6. The SMILES string of the molecule is CSc1n[nH]c(NS(=O)(=O)c2ccc(Cl)c(Cl)c2)c1S(=O)(=O)c1ccc(Cl)cc1. The van der Waals surface area contributed by atoms with Crippen molar-refractivity contribution in [2.45, 2.75) is 19.7 Å². The molecule has 0 amide bonds. The van der Waals surface area contributed by atoms with Gasteiger partial charge in [-0.25, -0.2) is 16.8 Å². The highest BCUT2D eigenvalue weighted by atomic mass is 35.5. The Balaban J connectivity index is 2.09.